The lowest BCUT2D eigenvalue weighted by Crippen LogP contribution is -2.27. The quantitative estimate of drug-likeness (QED) is 0.313. The molecule has 1 heterocycles. The Kier molecular flexibility index (Phi) is 7.52. The van der Waals surface area contributed by atoms with Gasteiger partial charge in [-0.3, -0.25) is 4.79 Å². The Morgan fingerprint density at radius 1 is 0.935 bits per heavy atom. The second-order valence-corrected chi connectivity index (χ2v) is 7.52. The van der Waals surface area contributed by atoms with Crippen LogP contribution in [0.4, 0.5) is 0 Å². The number of aliphatic hydroxyl groups is 1. The number of carbonyl (C=O) groups excluding carboxylic acids is 2. The van der Waals surface area contributed by atoms with Crippen molar-refractivity contribution in [2.45, 2.75) is 51.0 Å². The van der Waals surface area contributed by atoms with Gasteiger partial charge in [-0.15, -0.1) is 0 Å². The SMILES string of the molecule is CCCCCC[C@@H](O)[C@H](C(=O)OC)c1cccc2nc3c(C(=O)OC)cccc3nc12. The van der Waals surface area contributed by atoms with Gasteiger partial charge in [0, 0.05) is 0 Å². The molecule has 7 nitrogen and oxygen atoms in total. The molecule has 2 atom stereocenters. The summed E-state index contributed by atoms with van der Waals surface area (Å²) in [4.78, 5) is 34.1. The molecule has 7 heteroatoms. The van der Waals surface area contributed by atoms with Crippen LogP contribution in [0.2, 0.25) is 0 Å². The predicted molar refractivity (Wildman–Crippen MR) is 118 cm³/mol. The normalized spacial score (nSPS) is 13.2. The number of rotatable bonds is 9. The van der Waals surface area contributed by atoms with Crippen LogP contribution in [0.3, 0.4) is 0 Å². The first-order valence-corrected chi connectivity index (χ1v) is 10.5. The molecule has 1 N–H and O–H groups in total. The number of ether oxygens (including phenoxy) is 2. The molecule has 0 unspecified atom stereocenters. The number of carbonyl (C=O) groups is 2. The molecule has 1 aromatic heterocycles. The van der Waals surface area contributed by atoms with E-state index in [1.165, 1.54) is 14.2 Å². The van der Waals surface area contributed by atoms with Crippen LogP contribution in [0.25, 0.3) is 22.1 Å². The van der Waals surface area contributed by atoms with Crippen LogP contribution in [-0.2, 0) is 14.3 Å². The van der Waals surface area contributed by atoms with Crippen molar-refractivity contribution in [3.8, 4) is 0 Å². The fourth-order valence-corrected chi connectivity index (χ4v) is 3.83. The topological polar surface area (TPSA) is 98.6 Å². The van der Waals surface area contributed by atoms with E-state index >= 15 is 0 Å². The van der Waals surface area contributed by atoms with E-state index in [0.717, 1.165) is 25.7 Å². The smallest absolute Gasteiger partial charge is 0.340 e. The number of nitrogens with zero attached hydrogens (tertiary/aromatic N) is 2. The Hall–Kier alpha value is -3.06. The fourth-order valence-electron chi connectivity index (χ4n) is 3.83. The van der Waals surface area contributed by atoms with Crippen LogP contribution in [0.1, 0.15) is 60.9 Å². The van der Waals surface area contributed by atoms with Crippen molar-refractivity contribution in [1.82, 2.24) is 9.97 Å². The number of hydrogen-bond acceptors (Lipinski definition) is 7. The van der Waals surface area contributed by atoms with Gasteiger partial charge < -0.3 is 14.6 Å². The first-order valence-electron chi connectivity index (χ1n) is 10.5. The van der Waals surface area contributed by atoms with Crippen LogP contribution in [0, 0.1) is 0 Å². The standard InChI is InChI=1S/C24H28N2O5/c1-4-5-6-7-14-19(27)20(24(29)31-3)15-10-8-12-17-21(15)25-18-13-9-11-16(22(18)26-17)23(28)30-2/h8-13,19-20,27H,4-7,14H2,1-3H3/t19-,20-/m1/s1. The number of unbranched alkanes of at least 4 members (excludes halogenated alkanes) is 3. The van der Waals surface area contributed by atoms with E-state index in [0.29, 0.717) is 39.6 Å². The number of esters is 2. The summed E-state index contributed by atoms with van der Waals surface area (Å²) in [6.07, 6.45) is 3.60. The molecule has 0 radical (unpaired) electrons. The average molecular weight is 424 g/mol. The van der Waals surface area contributed by atoms with Crippen molar-refractivity contribution >= 4 is 34.0 Å². The molecular formula is C24H28N2O5. The molecule has 0 aliphatic heterocycles. The predicted octanol–water partition coefficient (Wildman–Crippen LogP) is 4.16. The molecule has 3 rings (SSSR count). The summed E-state index contributed by atoms with van der Waals surface area (Å²) in [5, 5.41) is 10.9. The molecule has 0 spiro atoms. The molecule has 0 fully saturated rings. The van der Waals surface area contributed by atoms with Gasteiger partial charge in [-0.25, -0.2) is 14.8 Å². The van der Waals surface area contributed by atoms with E-state index in [2.05, 4.69) is 11.9 Å². The highest BCUT2D eigenvalue weighted by molar-refractivity contribution is 6.03. The third-order valence-corrected chi connectivity index (χ3v) is 5.46. The Labute approximate surface area is 181 Å². The van der Waals surface area contributed by atoms with E-state index in [1.54, 1.807) is 36.4 Å². The summed E-state index contributed by atoms with van der Waals surface area (Å²) in [5.41, 5.74) is 2.83. The molecule has 0 saturated heterocycles. The number of aromatic nitrogens is 2. The van der Waals surface area contributed by atoms with E-state index < -0.39 is 24.0 Å². The zero-order chi connectivity index (χ0) is 22.4. The molecule has 31 heavy (non-hydrogen) atoms. The van der Waals surface area contributed by atoms with Gasteiger partial charge in [0.1, 0.15) is 11.4 Å². The van der Waals surface area contributed by atoms with Crippen molar-refractivity contribution in [2.75, 3.05) is 14.2 Å². The highest BCUT2D eigenvalue weighted by atomic mass is 16.5. The lowest BCUT2D eigenvalue weighted by Gasteiger charge is -2.22. The van der Waals surface area contributed by atoms with E-state index in [-0.39, 0.29) is 0 Å². The first kappa shape index (κ1) is 22.6. The Morgan fingerprint density at radius 2 is 1.61 bits per heavy atom. The minimum Gasteiger partial charge on any atom is -0.468 e. The number of benzene rings is 2. The van der Waals surface area contributed by atoms with E-state index in [4.69, 9.17) is 14.5 Å². The summed E-state index contributed by atoms with van der Waals surface area (Å²) in [6, 6.07) is 10.4. The van der Waals surface area contributed by atoms with Crippen molar-refractivity contribution in [3.63, 3.8) is 0 Å². The third kappa shape index (κ3) is 4.82. The number of para-hydroxylation sites is 2. The fraction of sp³-hybridized carbons (Fsp3) is 0.417. The highest BCUT2D eigenvalue weighted by Crippen LogP contribution is 2.31. The molecule has 0 aliphatic carbocycles. The first-order chi connectivity index (χ1) is 15.0. The molecule has 0 bridgehead atoms. The second-order valence-electron chi connectivity index (χ2n) is 7.52. The summed E-state index contributed by atoms with van der Waals surface area (Å²) in [6.45, 7) is 2.12. The van der Waals surface area contributed by atoms with Crippen LogP contribution in [-0.4, -0.2) is 47.3 Å². The Bertz CT molecular complexity index is 1080. The number of aliphatic hydroxyl groups excluding tert-OH is 1. The summed E-state index contributed by atoms with van der Waals surface area (Å²) in [7, 11) is 2.63. The molecule has 0 saturated carbocycles. The Balaban J connectivity index is 2.09. The van der Waals surface area contributed by atoms with Crippen LogP contribution in [0.15, 0.2) is 36.4 Å². The second kappa shape index (κ2) is 10.3. The van der Waals surface area contributed by atoms with E-state index in [1.807, 2.05) is 0 Å². The maximum atomic E-state index is 12.6. The minimum atomic E-state index is -0.895. The summed E-state index contributed by atoms with van der Waals surface area (Å²) in [5.74, 6) is -1.88. The van der Waals surface area contributed by atoms with Gasteiger partial charge in [-0.05, 0) is 30.2 Å². The van der Waals surface area contributed by atoms with Gasteiger partial charge in [-0.2, -0.15) is 0 Å². The summed E-state index contributed by atoms with van der Waals surface area (Å²) < 4.78 is 9.86. The van der Waals surface area contributed by atoms with Crippen molar-refractivity contribution in [3.05, 3.63) is 47.5 Å². The van der Waals surface area contributed by atoms with Crippen LogP contribution in [0.5, 0.6) is 0 Å². The van der Waals surface area contributed by atoms with Crippen LogP contribution >= 0.6 is 0 Å². The lowest BCUT2D eigenvalue weighted by atomic mass is 9.89. The van der Waals surface area contributed by atoms with Gasteiger partial charge in [0.05, 0.1) is 42.4 Å². The maximum absolute atomic E-state index is 12.6. The molecular weight excluding hydrogens is 396 g/mol. The molecule has 0 aliphatic rings. The number of hydrogen-bond donors (Lipinski definition) is 1. The molecule has 0 amide bonds. The van der Waals surface area contributed by atoms with E-state index in [9.17, 15) is 14.7 Å². The number of methoxy groups -OCH3 is 2. The number of fused-ring (bicyclic) bond motifs is 2. The molecule has 2 aromatic carbocycles. The van der Waals surface area contributed by atoms with Crippen molar-refractivity contribution in [2.24, 2.45) is 0 Å². The van der Waals surface area contributed by atoms with Crippen molar-refractivity contribution in [1.29, 1.82) is 0 Å². The van der Waals surface area contributed by atoms with Gasteiger partial charge in [0.15, 0.2) is 0 Å². The zero-order valence-electron chi connectivity index (χ0n) is 18.1. The van der Waals surface area contributed by atoms with Gasteiger partial charge >= 0.3 is 11.9 Å². The molecule has 3 aromatic rings. The Morgan fingerprint density at radius 3 is 2.29 bits per heavy atom. The third-order valence-electron chi connectivity index (χ3n) is 5.46. The van der Waals surface area contributed by atoms with Gasteiger partial charge in [-0.1, -0.05) is 50.8 Å². The monoisotopic (exact) mass is 424 g/mol. The average Bonchev–Trinajstić information content (AvgIpc) is 2.79. The summed E-state index contributed by atoms with van der Waals surface area (Å²) >= 11 is 0. The van der Waals surface area contributed by atoms with Gasteiger partial charge in [0.25, 0.3) is 0 Å². The zero-order valence-corrected chi connectivity index (χ0v) is 18.1. The van der Waals surface area contributed by atoms with Gasteiger partial charge in [0.2, 0.25) is 0 Å². The highest BCUT2D eigenvalue weighted by Gasteiger charge is 2.31. The minimum absolute atomic E-state index is 0.320. The van der Waals surface area contributed by atoms with Crippen LogP contribution < -0.4 is 0 Å². The maximum Gasteiger partial charge on any atom is 0.340 e. The van der Waals surface area contributed by atoms with Crippen molar-refractivity contribution < 1.29 is 24.2 Å². The lowest BCUT2D eigenvalue weighted by molar-refractivity contribution is -0.145. The molecule has 164 valence electrons. The largest absolute Gasteiger partial charge is 0.468 e.